The van der Waals surface area contributed by atoms with E-state index in [4.69, 9.17) is 19.9 Å². The van der Waals surface area contributed by atoms with Crippen LogP contribution >= 0.6 is 0 Å². The quantitative estimate of drug-likeness (QED) is 0.662. The van der Waals surface area contributed by atoms with Gasteiger partial charge in [-0.25, -0.2) is 0 Å². The molecule has 0 amide bonds. The molecule has 0 saturated carbocycles. The Kier molecular flexibility index (Phi) is 8.21. The van der Waals surface area contributed by atoms with Crippen LogP contribution in [0.15, 0.2) is 24.3 Å². The van der Waals surface area contributed by atoms with Crippen molar-refractivity contribution in [3.63, 3.8) is 0 Å². The third-order valence-corrected chi connectivity index (χ3v) is 2.88. The second-order valence-corrected chi connectivity index (χ2v) is 4.36. The zero-order chi connectivity index (χ0) is 13.9. The molecule has 4 heteroatoms. The molecule has 1 aromatic rings. The first kappa shape index (κ1) is 16.0. The van der Waals surface area contributed by atoms with Gasteiger partial charge in [0.2, 0.25) is 0 Å². The standard InChI is InChI=1S/C15H25NO3/c1-3-14(16)13-7-4-5-8-15(13)19-10-6-9-18-12-11-17-2/h4-5,7-8,14H,3,6,9-12,16H2,1-2H3/t14-/m1/s1. The summed E-state index contributed by atoms with van der Waals surface area (Å²) in [5.41, 5.74) is 7.14. The fourth-order valence-electron chi connectivity index (χ4n) is 1.73. The van der Waals surface area contributed by atoms with Crippen molar-refractivity contribution in [2.24, 2.45) is 5.73 Å². The molecule has 0 fully saturated rings. The van der Waals surface area contributed by atoms with E-state index in [0.29, 0.717) is 26.4 Å². The van der Waals surface area contributed by atoms with Crippen LogP contribution in [-0.4, -0.2) is 33.5 Å². The summed E-state index contributed by atoms with van der Waals surface area (Å²) in [4.78, 5) is 0. The second-order valence-electron chi connectivity index (χ2n) is 4.36. The smallest absolute Gasteiger partial charge is 0.124 e. The minimum atomic E-state index is 0.0363. The summed E-state index contributed by atoms with van der Waals surface area (Å²) in [6.45, 7) is 4.67. The predicted octanol–water partition coefficient (Wildman–Crippen LogP) is 2.53. The Bertz CT molecular complexity index is 344. The third-order valence-electron chi connectivity index (χ3n) is 2.88. The first-order valence-corrected chi connectivity index (χ1v) is 6.83. The van der Waals surface area contributed by atoms with Crippen LogP contribution in [0.5, 0.6) is 5.75 Å². The molecule has 2 N–H and O–H groups in total. The fraction of sp³-hybridized carbons (Fsp3) is 0.600. The van der Waals surface area contributed by atoms with Crippen molar-refractivity contribution >= 4 is 0 Å². The van der Waals surface area contributed by atoms with Crippen molar-refractivity contribution < 1.29 is 14.2 Å². The van der Waals surface area contributed by atoms with E-state index in [1.165, 1.54) is 0 Å². The maximum absolute atomic E-state index is 6.06. The van der Waals surface area contributed by atoms with E-state index in [-0.39, 0.29) is 6.04 Å². The molecular formula is C15H25NO3. The molecule has 1 aromatic carbocycles. The molecule has 1 atom stereocenters. The lowest BCUT2D eigenvalue weighted by atomic mass is 10.0. The SMILES string of the molecule is CC[C@@H](N)c1ccccc1OCCCOCCOC. The van der Waals surface area contributed by atoms with Crippen molar-refractivity contribution in [3.8, 4) is 5.75 Å². The average molecular weight is 267 g/mol. The van der Waals surface area contributed by atoms with Crippen LogP contribution in [0.3, 0.4) is 0 Å². The van der Waals surface area contributed by atoms with E-state index in [1.807, 2.05) is 24.3 Å². The zero-order valence-electron chi connectivity index (χ0n) is 11.9. The van der Waals surface area contributed by atoms with Crippen molar-refractivity contribution in [3.05, 3.63) is 29.8 Å². The van der Waals surface area contributed by atoms with E-state index in [1.54, 1.807) is 7.11 Å². The molecule has 1 rings (SSSR count). The van der Waals surface area contributed by atoms with Gasteiger partial charge >= 0.3 is 0 Å². The Hall–Kier alpha value is -1.10. The van der Waals surface area contributed by atoms with E-state index < -0.39 is 0 Å². The van der Waals surface area contributed by atoms with Gasteiger partial charge in [0.15, 0.2) is 0 Å². The number of benzene rings is 1. The molecule has 0 aliphatic rings. The van der Waals surface area contributed by atoms with Crippen molar-refractivity contribution in [2.75, 3.05) is 33.5 Å². The number of para-hydroxylation sites is 1. The Balaban J connectivity index is 2.29. The molecule has 0 aromatic heterocycles. The first-order valence-electron chi connectivity index (χ1n) is 6.83. The average Bonchev–Trinajstić information content (AvgIpc) is 2.46. The Morgan fingerprint density at radius 3 is 2.63 bits per heavy atom. The van der Waals surface area contributed by atoms with Gasteiger partial charge in [-0.05, 0) is 12.5 Å². The van der Waals surface area contributed by atoms with Gasteiger partial charge < -0.3 is 19.9 Å². The van der Waals surface area contributed by atoms with Crippen molar-refractivity contribution in [1.82, 2.24) is 0 Å². The summed E-state index contributed by atoms with van der Waals surface area (Å²) in [7, 11) is 1.67. The van der Waals surface area contributed by atoms with Crippen LogP contribution in [0, 0.1) is 0 Å². The molecule has 0 spiro atoms. The van der Waals surface area contributed by atoms with Gasteiger partial charge in [0.1, 0.15) is 5.75 Å². The summed E-state index contributed by atoms with van der Waals surface area (Å²) in [5, 5.41) is 0. The van der Waals surface area contributed by atoms with Gasteiger partial charge in [-0.2, -0.15) is 0 Å². The van der Waals surface area contributed by atoms with Gasteiger partial charge in [-0.3, -0.25) is 0 Å². The minimum absolute atomic E-state index is 0.0363. The molecule has 108 valence electrons. The number of hydrogen-bond donors (Lipinski definition) is 1. The van der Waals surface area contributed by atoms with Crippen molar-refractivity contribution in [2.45, 2.75) is 25.8 Å². The molecule has 0 unspecified atom stereocenters. The highest BCUT2D eigenvalue weighted by Gasteiger charge is 2.09. The lowest BCUT2D eigenvalue weighted by molar-refractivity contribution is 0.0643. The van der Waals surface area contributed by atoms with Crippen LogP contribution < -0.4 is 10.5 Å². The number of ether oxygens (including phenoxy) is 3. The van der Waals surface area contributed by atoms with Crippen molar-refractivity contribution in [1.29, 1.82) is 0 Å². The third kappa shape index (κ3) is 6.05. The van der Waals surface area contributed by atoms with E-state index in [2.05, 4.69) is 6.92 Å². The Labute approximate surface area is 115 Å². The van der Waals surface area contributed by atoms with Crippen LogP contribution in [0.1, 0.15) is 31.4 Å². The molecule has 19 heavy (non-hydrogen) atoms. The topological polar surface area (TPSA) is 53.7 Å². The summed E-state index contributed by atoms with van der Waals surface area (Å²) in [6, 6.07) is 7.99. The molecule has 0 bridgehead atoms. The number of nitrogens with two attached hydrogens (primary N) is 1. The van der Waals surface area contributed by atoms with Gasteiger partial charge in [-0.15, -0.1) is 0 Å². The molecule has 0 aliphatic carbocycles. The molecule has 0 aliphatic heterocycles. The number of hydrogen-bond acceptors (Lipinski definition) is 4. The van der Waals surface area contributed by atoms with Crippen LogP contribution in [-0.2, 0) is 9.47 Å². The second kappa shape index (κ2) is 9.78. The highest BCUT2D eigenvalue weighted by Crippen LogP contribution is 2.25. The normalized spacial score (nSPS) is 12.4. The fourth-order valence-corrected chi connectivity index (χ4v) is 1.73. The van der Waals surface area contributed by atoms with Gasteiger partial charge in [-0.1, -0.05) is 25.1 Å². The predicted molar refractivity (Wildman–Crippen MR) is 76.5 cm³/mol. The van der Waals surface area contributed by atoms with Crippen LogP contribution in [0.2, 0.25) is 0 Å². The Morgan fingerprint density at radius 2 is 1.89 bits per heavy atom. The highest BCUT2D eigenvalue weighted by atomic mass is 16.5. The summed E-state index contributed by atoms with van der Waals surface area (Å²) < 4.78 is 16.1. The molecule has 4 nitrogen and oxygen atoms in total. The van der Waals surface area contributed by atoms with Crippen LogP contribution in [0.25, 0.3) is 0 Å². The first-order chi connectivity index (χ1) is 9.29. The lowest BCUT2D eigenvalue weighted by Gasteiger charge is -2.15. The number of methoxy groups -OCH3 is 1. The van der Waals surface area contributed by atoms with Crippen LogP contribution in [0.4, 0.5) is 0 Å². The molecule has 0 radical (unpaired) electrons. The molecule has 0 heterocycles. The maximum Gasteiger partial charge on any atom is 0.124 e. The molecule has 0 saturated heterocycles. The lowest BCUT2D eigenvalue weighted by Crippen LogP contribution is -2.12. The van der Waals surface area contributed by atoms with Gasteiger partial charge in [0.25, 0.3) is 0 Å². The Morgan fingerprint density at radius 1 is 1.11 bits per heavy atom. The van der Waals surface area contributed by atoms with Gasteiger partial charge in [0, 0.05) is 31.7 Å². The summed E-state index contributed by atoms with van der Waals surface area (Å²) in [5.74, 6) is 0.883. The minimum Gasteiger partial charge on any atom is -0.493 e. The van der Waals surface area contributed by atoms with E-state index in [0.717, 1.165) is 24.2 Å². The summed E-state index contributed by atoms with van der Waals surface area (Å²) >= 11 is 0. The monoisotopic (exact) mass is 267 g/mol. The molecular weight excluding hydrogens is 242 g/mol. The van der Waals surface area contributed by atoms with Gasteiger partial charge in [0.05, 0.1) is 19.8 Å². The number of rotatable bonds is 10. The van der Waals surface area contributed by atoms with E-state index in [9.17, 15) is 0 Å². The maximum atomic E-state index is 6.06. The zero-order valence-corrected chi connectivity index (χ0v) is 11.9. The largest absolute Gasteiger partial charge is 0.493 e. The van der Waals surface area contributed by atoms with E-state index >= 15 is 0 Å². The highest BCUT2D eigenvalue weighted by molar-refractivity contribution is 5.35. The summed E-state index contributed by atoms with van der Waals surface area (Å²) in [6.07, 6.45) is 1.76.